The Morgan fingerprint density at radius 3 is 2.65 bits per heavy atom. The minimum Gasteiger partial charge on any atom is -0.384 e. The van der Waals surface area contributed by atoms with Crippen LogP contribution in [0.3, 0.4) is 0 Å². The molecule has 1 amide bonds. The first-order valence-electron chi connectivity index (χ1n) is 5.99. The molecular formula is C14H14BrFN2O2. The third-order valence-corrected chi connectivity index (χ3v) is 3.41. The Hall–Kier alpha value is -1.66. The van der Waals surface area contributed by atoms with Gasteiger partial charge in [0.1, 0.15) is 17.1 Å². The fourth-order valence-corrected chi connectivity index (χ4v) is 2.10. The zero-order valence-electron chi connectivity index (χ0n) is 10.8. The summed E-state index contributed by atoms with van der Waals surface area (Å²) in [5, 5.41) is 13.0. The quantitative estimate of drug-likeness (QED) is 0.800. The van der Waals surface area contributed by atoms with Crippen LogP contribution in [0.25, 0.3) is 0 Å². The Kier molecular flexibility index (Phi) is 4.25. The molecular weight excluding hydrogens is 327 g/mol. The lowest BCUT2D eigenvalue weighted by molar-refractivity contribution is 0.0524. The highest BCUT2D eigenvalue weighted by molar-refractivity contribution is 9.10. The minimum atomic E-state index is -1.27. The highest BCUT2D eigenvalue weighted by Crippen LogP contribution is 2.20. The number of aromatic nitrogens is 1. The number of benzene rings is 1. The van der Waals surface area contributed by atoms with Crippen LogP contribution >= 0.6 is 15.9 Å². The van der Waals surface area contributed by atoms with Gasteiger partial charge in [-0.3, -0.25) is 4.79 Å². The van der Waals surface area contributed by atoms with Gasteiger partial charge in [0.05, 0.1) is 6.54 Å². The molecule has 0 saturated heterocycles. The fourth-order valence-electron chi connectivity index (χ4n) is 1.76. The molecule has 0 radical (unpaired) electrons. The third-order valence-electron chi connectivity index (χ3n) is 2.95. The van der Waals surface area contributed by atoms with Crippen LogP contribution in [0.2, 0.25) is 0 Å². The van der Waals surface area contributed by atoms with Crippen molar-refractivity contribution in [3.8, 4) is 0 Å². The number of aliphatic hydroxyl groups is 1. The molecule has 4 nitrogen and oxygen atoms in total. The van der Waals surface area contributed by atoms with E-state index in [9.17, 15) is 14.3 Å². The van der Waals surface area contributed by atoms with E-state index >= 15 is 0 Å². The molecule has 20 heavy (non-hydrogen) atoms. The van der Waals surface area contributed by atoms with Gasteiger partial charge in [0.25, 0.3) is 5.91 Å². The lowest BCUT2D eigenvalue weighted by atomic mass is 9.96. The second-order valence-electron chi connectivity index (χ2n) is 4.69. The Balaban J connectivity index is 2.02. The first kappa shape index (κ1) is 14.7. The first-order chi connectivity index (χ1) is 9.38. The first-order valence-corrected chi connectivity index (χ1v) is 6.78. The van der Waals surface area contributed by atoms with Gasteiger partial charge in [0.2, 0.25) is 0 Å². The van der Waals surface area contributed by atoms with Gasteiger partial charge in [-0.2, -0.15) is 0 Å². The van der Waals surface area contributed by atoms with E-state index in [1.807, 2.05) is 0 Å². The molecule has 1 atom stereocenters. The van der Waals surface area contributed by atoms with Gasteiger partial charge >= 0.3 is 0 Å². The van der Waals surface area contributed by atoms with Crippen molar-refractivity contribution in [2.75, 3.05) is 6.54 Å². The Bertz CT molecular complexity index is 608. The number of nitrogens with one attached hydrogen (secondary N) is 2. The SMILES string of the molecule is CC(O)(CNC(=O)c1cc(Br)c[nH]1)c1ccc(F)cc1. The molecule has 0 aliphatic carbocycles. The van der Waals surface area contributed by atoms with Crippen molar-refractivity contribution >= 4 is 21.8 Å². The summed E-state index contributed by atoms with van der Waals surface area (Å²) in [5.41, 5.74) is -0.341. The van der Waals surface area contributed by atoms with Crippen LogP contribution in [0, 0.1) is 5.82 Å². The van der Waals surface area contributed by atoms with Crippen LogP contribution in [-0.2, 0) is 5.60 Å². The number of amides is 1. The summed E-state index contributed by atoms with van der Waals surface area (Å²) in [4.78, 5) is 14.7. The van der Waals surface area contributed by atoms with Crippen LogP contribution in [0.5, 0.6) is 0 Å². The molecule has 0 aliphatic rings. The van der Waals surface area contributed by atoms with Crippen LogP contribution in [0.4, 0.5) is 4.39 Å². The van der Waals surface area contributed by atoms with Gasteiger partial charge in [-0.15, -0.1) is 0 Å². The molecule has 0 spiro atoms. The summed E-state index contributed by atoms with van der Waals surface area (Å²) in [7, 11) is 0. The van der Waals surface area contributed by atoms with Crippen molar-refractivity contribution in [3.05, 3.63) is 58.1 Å². The largest absolute Gasteiger partial charge is 0.384 e. The molecule has 2 aromatic rings. The van der Waals surface area contributed by atoms with E-state index in [1.165, 1.54) is 24.3 Å². The number of hydrogen-bond donors (Lipinski definition) is 3. The maximum absolute atomic E-state index is 12.9. The predicted octanol–water partition coefficient (Wildman–Crippen LogP) is 2.55. The molecule has 0 bridgehead atoms. The molecule has 1 unspecified atom stereocenters. The van der Waals surface area contributed by atoms with Crippen molar-refractivity contribution in [1.82, 2.24) is 10.3 Å². The zero-order chi connectivity index (χ0) is 14.8. The number of aromatic amines is 1. The number of rotatable bonds is 4. The van der Waals surface area contributed by atoms with Gasteiger partial charge < -0.3 is 15.4 Å². The van der Waals surface area contributed by atoms with Gasteiger partial charge in [-0.05, 0) is 46.6 Å². The maximum Gasteiger partial charge on any atom is 0.267 e. The minimum absolute atomic E-state index is 0.0219. The molecule has 6 heteroatoms. The van der Waals surface area contributed by atoms with Crippen LogP contribution in [-0.4, -0.2) is 22.5 Å². The van der Waals surface area contributed by atoms with Crippen molar-refractivity contribution in [2.45, 2.75) is 12.5 Å². The lowest BCUT2D eigenvalue weighted by Crippen LogP contribution is -2.38. The molecule has 0 aliphatic heterocycles. The van der Waals surface area contributed by atoms with Gasteiger partial charge in [-0.1, -0.05) is 12.1 Å². The Morgan fingerprint density at radius 1 is 1.45 bits per heavy atom. The highest BCUT2D eigenvalue weighted by atomic mass is 79.9. The van der Waals surface area contributed by atoms with Crippen LogP contribution < -0.4 is 5.32 Å². The standard InChI is InChI=1S/C14H14BrFN2O2/c1-14(20,9-2-4-11(16)5-3-9)8-18-13(19)12-6-10(15)7-17-12/h2-7,17,20H,8H2,1H3,(H,18,19). The van der Waals surface area contributed by atoms with Crippen molar-refractivity contribution in [1.29, 1.82) is 0 Å². The normalized spacial score (nSPS) is 13.8. The molecule has 106 valence electrons. The third kappa shape index (κ3) is 3.46. The summed E-state index contributed by atoms with van der Waals surface area (Å²) in [6.45, 7) is 1.58. The smallest absolute Gasteiger partial charge is 0.267 e. The topological polar surface area (TPSA) is 65.1 Å². The van der Waals surface area contributed by atoms with Crippen LogP contribution in [0.1, 0.15) is 23.0 Å². The molecule has 1 heterocycles. The van der Waals surface area contributed by atoms with E-state index < -0.39 is 5.60 Å². The lowest BCUT2D eigenvalue weighted by Gasteiger charge is -2.24. The molecule has 2 rings (SSSR count). The van der Waals surface area contributed by atoms with Gasteiger partial charge in [0, 0.05) is 10.7 Å². The number of carbonyl (C=O) groups is 1. The monoisotopic (exact) mass is 340 g/mol. The number of hydrogen-bond acceptors (Lipinski definition) is 2. The number of carbonyl (C=O) groups excluding carboxylic acids is 1. The average molecular weight is 341 g/mol. The molecule has 1 aromatic carbocycles. The van der Waals surface area contributed by atoms with E-state index in [0.717, 1.165) is 4.47 Å². The summed E-state index contributed by atoms with van der Waals surface area (Å²) in [6, 6.07) is 7.17. The maximum atomic E-state index is 12.9. The van der Waals surface area contributed by atoms with Crippen molar-refractivity contribution in [3.63, 3.8) is 0 Å². The van der Waals surface area contributed by atoms with E-state index in [2.05, 4.69) is 26.2 Å². The molecule has 0 fully saturated rings. The van der Waals surface area contributed by atoms with E-state index in [1.54, 1.807) is 19.2 Å². The summed E-state index contributed by atoms with van der Waals surface area (Å²) >= 11 is 3.24. The molecule has 0 saturated carbocycles. The molecule has 1 aromatic heterocycles. The second-order valence-corrected chi connectivity index (χ2v) is 5.61. The number of halogens is 2. The van der Waals surface area contributed by atoms with Crippen LogP contribution in [0.15, 0.2) is 41.0 Å². The average Bonchev–Trinajstić information content (AvgIpc) is 2.83. The fraction of sp³-hybridized carbons (Fsp3) is 0.214. The van der Waals surface area contributed by atoms with Gasteiger partial charge in [0.15, 0.2) is 0 Å². The van der Waals surface area contributed by atoms with E-state index in [0.29, 0.717) is 11.3 Å². The number of H-pyrrole nitrogens is 1. The van der Waals surface area contributed by atoms with Crippen molar-refractivity contribution in [2.24, 2.45) is 0 Å². The zero-order valence-corrected chi connectivity index (χ0v) is 12.4. The summed E-state index contributed by atoms with van der Waals surface area (Å²) < 4.78 is 13.6. The summed E-state index contributed by atoms with van der Waals surface area (Å²) in [6.07, 6.45) is 1.65. The Morgan fingerprint density at radius 2 is 2.10 bits per heavy atom. The predicted molar refractivity (Wildman–Crippen MR) is 76.8 cm³/mol. The van der Waals surface area contributed by atoms with Crippen molar-refractivity contribution < 1.29 is 14.3 Å². The summed E-state index contributed by atoms with van der Waals surface area (Å²) in [5.74, 6) is -0.692. The Labute approximate surface area is 124 Å². The van der Waals surface area contributed by atoms with Gasteiger partial charge in [-0.25, -0.2) is 4.39 Å². The highest BCUT2D eigenvalue weighted by Gasteiger charge is 2.24. The molecule has 3 N–H and O–H groups in total. The second kappa shape index (κ2) is 5.76. The van der Waals surface area contributed by atoms with E-state index in [-0.39, 0.29) is 18.3 Å². The van der Waals surface area contributed by atoms with E-state index in [4.69, 9.17) is 0 Å².